The molecule has 3 rings (SSSR count). The smallest absolute Gasteiger partial charge is 0.358 e. The van der Waals surface area contributed by atoms with Gasteiger partial charge in [0.15, 0.2) is 11.5 Å². The van der Waals surface area contributed by atoms with Gasteiger partial charge in [-0.05, 0) is 24.6 Å². The lowest BCUT2D eigenvalue weighted by atomic mass is 10.2. The average Bonchev–Trinajstić information content (AvgIpc) is 3.06. The highest BCUT2D eigenvalue weighted by Gasteiger charge is 2.18. The van der Waals surface area contributed by atoms with Crippen LogP contribution in [0, 0.1) is 0 Å². The zero-order chi connectivity index (χ0) is 16.8. The van der Waals surface area contributed by atoms with Gasteiger partial charge in [0.25, 0.3) is 0 Å². The Bertz CT molecular complexity index is 801. The first-order valence-corrected chi connectivity index (χ1v) is 7.63. The molecule has 0 aliphatic carbocycles. The van der Waals surface area contributed by atoms with Crippen LogP contribution in [-0.2, 0) is 11.3 Å². The second kappa shape index (κ2) is 7.41. The molecule has 0 amide bonds. The maximum absolute atomic E-state index is 11.9. The predicted octanol–water partition coefficient (Wildman–Crippen LogP) is 3.02. The number of esters is 1. The number of ether oxygens (including phenoxy) is 2. The molecule has 2 heterocycles. The number of aromatic nitrogens is 3. The summed E-state index contributed by atoms with van der Waals surface area (Å²) in [7, 11) is 0. The molecule has 3 aromatic rings. The summed E-state index contributed by atoms with van der Waals surface area (Å²) in [5.74, 6) is 0.508. The topological polar surface area (TPSA) is 66.2 Å². The van der Waals surface area contributed by atoms with Crippen molar-refractivity contribution in [2.75, 3.05) is 6.61 Å². The van der Waals surface area contributed by atoms with Crippen LogP contribution in [0.25, 0.3) is 5.82 Å². The van der Waals surface area contributed by atoms with Crippen LogP contribution in [0.15, 0.2) is 60.8 Å². The van der Waals surface area contributed by atoms with Gasteiger partial charge in [0.05, 0.1) is 6.61 Å². The third-order valence-electron chi connectivity index (χ3n) is 3.26. The van der Waals surface area contributed by atoms with E-state index in [-0.39, 0.29) is 12.3 Å². The number of nitrogens with zero attached hydrogens (tertiary/aromatic N) is 3. The zero-order valence-corrected chi connectivity index (χ0v) is 13.3. The first-order chi connectivity index (χ1) is 11.8. The fourth-order valence-electron chi connectivity index (χ4n) is 2.15. The summed E-state index contributed by atoms with van der Waals surface area (Å²) in [5.41, 5.74) is 1.20. The van der Waals surface area contributed by atoms with Crippen LogP contribution < -0.4 is 4.74 Å². The van der Waals surface area contributed by atoms with E-state index >= 15 is 0 Å². The lowest BCUT2D eigenvalue weighted by molar-refractivity contribution is 0.0519. The lowest BCUT2D eigenvalue weighted by Crippen LogP contribution is -2.07. The fourth-order valence-corrected chi connectivity index (χ4v) is 2.15. The Morgan fingerprint density at radius 1 is 1.12 bits per heavy atom. The van der Waals surface area contributed by atoms with E-state index in [0.29, 0.717) is 18.3 Å². The Kier molecular flexibility index (Phi) is 4.86. The minimum atomic E-state index is -0.489. The minimum absolute atomic E-state index is 0.186. The molecule has 6 heteroatoms. The quantitative estimate of drug-likeness (QED) is 0.652. The Morgan fingerprint density at radius 3 is 2.62 bits per heavy atom. The molecule has 122 valence electrons. The summed E-state index contributed by atoms with van der Waals surface area (Å²) < 4.78 is 12.3. The Labute approximate surface area is 139 Å². The normalized spacial score (nSPS) is 10.4. The van der Waals surface area contributed by atoms with E-state index in [2.05, 4.69) is 10.1 Å². The van der Waals surface area contributed by atoms with Gasteiger partial charge >= 0.3 is 5.97 Å². The van der Waals surface area contributed by atoms with Gasteiger partial charge in [0.2, 0.25) is 5.88 Å². The van der Waals surface area contributed by atoms with Crippen molar-refractivity contribution in [2.24, 2.45) is 0 Å². The van der Waals surface area contributed by atoms with E-state index in [1.54, 1.807) is 25.3 Å². The molecule has 6 nitrogen and oxygen atoms in total. The number of pyridine rings is 1. The molecule has 0 N–H and O–H groups in total. The van der Waals surface area contributed by atoms with E-state index in [9.17, 15) is 4.79 Å². The number of carbonyl (C=O) groups excluding carboxylic acids is 1. The van der Waals surface area contributed by atoms with Crippen molar-refractivity contribution in [1.29, 1.82) is 0 Å². The van der Waals surface area contributed by atoms with Crippen molar-refractivity contribution in [1.82, 2.24) is 14.8 Å². The van der Waals surface area contributed by atoms with Gasteiger partial charge in [0.1, 0.15) is 6.61 Å². The summed E-state index contributed by atoms with van der Waals surface area (Å²) in [5, 5.41) is 4.27. The molecule has 0 bridgehead atoms. The highest BCUT2D eigenvalue weighted by Crippen LogP contribution is 2.20. The maximum atomic E-state index is 11.9. The highest BCUT2D eigenvalue weighted by atomic mass is 16.5. The van der Waals surface area contributed by atoms with E-state index in [1.165, 1.54) is 4.68 Å². The first-order valence-electron chi connectivity index (χ1n) is 7.63. The maximum Gasteiger partial charge on any atom is 0.358 e. The monoisotopic (exact) mass is 323 g/mol. The molecule has 0 aliphatic rings. The molecule has 1 aromatic carbocycles. The van der Waals surface area contributed by atoms with E-state index in [4.69, 9.17) is 9.47 Å². The van der Waals surface area contributed by atoms with Gasteiger partial charge < -0.3 is 9.47 Å². The zero-order valence-electron chi connectivity index (χ0n) is 13.3. The molecule has 0 radical (unpaired) electrons. The number of hydrogen-bond acceptors (Lipinski definition) is 5. The Hall–Kier alpha value is -3.15. The summed E-state index contributed by atoms with van der Waals surface area (Å²) in [4.78, 5) is 16.2. The third-order valence-corrected chi connectivity index (χ3v) is 3.26. The van der Waals surface area contributed by atoms with Crippen molar-refractivity contribution in [3.05, 3.63) is 72.1 Å². The molecule has 2 aromatic heterocycles. The minimum Gasteiger partial charge on any atom is -0.473 e. The van der Waals surface area contributed by atoms with Crippen molar-refractivity contribution in [3.63, 3.8) is 0 Å². The predicted molar refractivity (Wildman–Crippen MR) is 88.1 cm³/mol. The van der Waals surface area contributed by atoms with Crippen LogP contribution >= 0.6 is 0 Å². The SMILES string of the molecule is CCOC(=O)c1cc(OCc2ccccc2)n(-c2ccccn2)n1. The Morgan fingerprint density at radius 2 is 1.92 bits per heavy atom. The van der Waals surface area contributed by atoms with Crippen LogP contribution in [0.1, 0.15) is 23.0 Å². The van der Waals surface area contributed by atoms with Gasteiger partial charge in [-0.15, -0.1) is 0 Å². The standard InChI is InChI=1S/C18H17N3O3/c1-2-23-18(22)15-12-17(24-13-14-8-4-3-5-9-14)21(20-15)16-10-6-7-11-19-16/h3-12H,2,13H2,1H3. The molecule has 0 saturated carbocycles. The summed E-state index contributed by atoms with van der Waals surface area (Å²) in [6.45, 7) is 2.40. The summed E-state index contributed by atoms with van der Waals surface area (Å²) in [6, 6.07) is 16.8. The lowest BCUT2D eigenvalue weighted by Gasteiger charge is -2.08. The average molecular weight is 323 g/mol. The number of benzene rings is 1. The largest absolute Gasteiger partial charge is 0.473 e. The van der Waals surface area contributed by atoms with Crippen molar-refractivity contribution in [2.45, 2.75) is 13.5 Å². The van der Waals surface area contributed by atoms with Crippen LogP contribution in [0.2, 0.25) is 0 Å². The molecule has 0 fully saturated rings. The molecule has 0 saturated heterocycles. The summed E-state index contributed by atoms with van der Waals surface area (Å²) >= 11 is 0. The van der Waals surface area contributed by atoms with Gasteiger partial charge in [0, 0.05) is 12.3 Å². The van der Waals surface area contributed by atoms with Crippen LogP contribution in [-0.4, -0.2) is 27.3 Å². The van der Waals surface area contributed by atoms with Crippen molar-refractivity contribution < 1.29 is 14.3 Å². The van der Waals surface area contributed by atoms with Crippen LogP contribution in [0.4, 0.5) is 0 Å². The molecule has 0 aliphatic heterocycles. The van der Waals surface area contributed by atoms with Gasteiger partial charge in [-0.25, -0.2) is 9.78 Å². The van der Waals surface area contributed by atoms with Gasteiger partial charge in [-0.1, -0.05) is 36.4 Å². The summed E-state index contributed by atoms with van der Waals surface area (Å²) in [6.07, 6.45) is 1.65. The second-order valence-electron chi connectivity index (χ2n) is 4.96. The van der Waals surface area contributed by atoms with Crippen LogP contribution in [0.5, 0.6) is 5.88 Å². The van der Waals surface area contributed by atoms with Crippen molar-refractivity contribution in [3.8, 4) is 11.7 Å². The number of hydrogen-bond donors (Lipinski definition) is 0. The Balaban J connectivity index is 1.89. The third kappa shape index (κ3) is 3.60. The molecular weight excluding hydrogens is 306 g/mol. The van der Waals surface area contributed by atoms with Gasteiger partial charge in [-0.2, -0.15) is 9.78 Å². The highest BCUT2D eigenvalue weighted by molar-refractivity contribution is 5.87. The van der Waals surface area contributed by atoms with E-state index in [1.807, 2.05) is 42.5 Å². The molecule has 0 spiro atoms. The van der Waals surface area contributed by atoms with E-state index < -0.39 is 5.97 Å². The molecule has 0 unspecified atom stereocenters. The second-order valence-corrected chi connectivity index (χ2v) is 4.96. The number of rotatable bonds is 6. The molecule has 0 atom stereocenters. The van der Waals surface area contributed by atoms with E-state index in [0.717, 1.165) is 5.56 Å². The fraction of sp³-hybridized carbons (Fsp3) is 0.167. The van der Waals surface area contributed by atoms with Gasteiger partial charge in [-0.3, -0.25) is 0 Å². The number of carbonyl (C=O) groups is 1. The molecular formula is C18H17N3O3. The molecule has 24 heavy (non-hydrogen) atoms. The first kappa shape index (κ1) is 15.7. The van der Waals surface area contributed by atoms with Crippen LogP contribution in [0.3, 0.4) is 0 Å². The van der Waals surface area contributed by atoms with Crippen molar-refractivity contribution >= 4 is 5.97 Å².